The van der Waals surface area contributed by atoms with Crippen LogP contribution in [0.1, 0.15) is 0 Å². The number of anilines is 2. The predicted molar refractivity (Wildman–Crippen MR) is 133 cm³/mol. The van der Waals surface area contributed by atoms with Crippen LogP contribution in [0, 0.1) is 0 Å². The van der Waals surface area contributed by atoms with E-state index in [1.54, 1.807) is 10.7 Å². The van der Waals surface area contributed by atoms with E-state index in [1.807, 2.05) is 73.9 Å². The van der Waals surface area contributed by atoms with Gasteiger partial charge in [-0.05, 0) is 53.1 Å². The third-order valence-corrected chi connectivity index (χ3v) is 5.46. The lowest BCUT2D eigenvalue weighted by Gasteiger charge is -2.14. The Kier molecular flexibility index (Phi) is 5.31. The number of nitrogen functional groups attached to an aromatic ring is 1. The average Bonchev–Trinajstić information content (AvgIpc) is 3.44. The number of carbonyl (C=O) groups is 1. The van der Waals surface area contributed by atoms with E-state index in [9.17, 15) is 4.79 Å². The second-order valence-electron chi connectivity index (χ2n) is 7.74. The first-order valence-electron chi connectivity index (χ1n) is 10.6. The van der Waals surface area contributed by atoms with E-state index < -0.39 is 0 Å². The lowest BCUT2D eigenvalue weighted by molar-refractivity contribution is -0.111. The Morgan fingerprint density at radius 1 is 1.06 bits per heavy atom. The molecule has 0 saturated carbocycles. The number of carbonyl (C=O) groups excluding carboxylic acids is 1. The highest BCUT2D eigenvalue weighted by Gasteiger charge is 2.16. The van der Waals surface area contributed by atoms with Gasteiger partial charge in [0.15, 0.2) is 5.82 Å². The molecule has 8 heteroatoms. The predicted octanol–water partition coefficient (Wildman–Crippen LogP) is 5.13. The Hall–Kier alpha value is -4.85. The number of hydrogen-bond acceptors (Lipinski definition) is 5. The molecular weight excluding hydrogens is 428 g/mol. The Morgan fingerprint density at radius 2 is 1.79 bits per heavy atom. The van der Waals surface area contributed by atoms with E-state index in [0.717, 1.165) is 33.2 Å². The fourth-order valence-electron chi connectivity index (χ4n) is 3.86. The van der Waals surface area contributed by atoms with Crippen LogP contribution in [0.15, 0.2) is 85.6 Å². The highest BCUT2D eigenvalue weighted by atomic mass is 16.5. The first-order chi connectivity index (χ1) is 16.5. The third-order valence-electron chi connectivity index (χ3n) is 5.46. The van der Waals surface area contributed by atoms with Gasteiger partial charge < -0.3 is 15.8 Å². The minimum Gasteiger partial charge on any atom is -0.438 e. The normalized spacial score (nSPS) is 10.9. The highest BCUT2D eigenvalue weighted by molar-refractivity contribution is 6.08. The van der Waals surface area contributed by atoms with Crippen molar-refractivity contribution in [3.8, 4) is 33.9 Å². The summed E-state index contributed by atoms with van der Waals surface area (Å²) < 4.78 is 7.53. The van der Waals surface area contributed by atoms with Gasteiger partial charge in [0.25, 0.3) is 0 Å². The fraction of sp³-hybridized carbons (Fsp3) is 0.0385. The van der Waals surface area contributed by atoms with Gasteiger partial charge in [-0.3, -0.25) is 14.6 Å². The van der Waals surface area contributed by atoms with Crippen molar-refractivity contribution in [1.82, 2.24) is 20.0 Å². The maximum Gasteiger partial charge on any atom is 0.247 e. The molecule has 0 bridgehead atoms. The van der Waals surface area contributed by atoms with Gasteiger partial charge in [0, 0.05) is 30.6 Å². The molecule has 0 aliphatic heterocycles. The molecule has 34 heavy (non-hydrogen) atoms. The van der Waals surface area contributed by atoms with Gasteiger partial charge in [-0.2, -0.15) is 5.10 Å². The number of aryl methyl sites for hydroxylation is 1. The molecule has 8 nitrogen and oxygen atoms in total. The van der Waals surface area contributed by atoms with Crippen molar-refractivity contribution < 1.29 is 9.53 Å². The third kappa shape index (κ3) is 4.00. The molecule has 3 aromatic carbocycles. The summed E-state index contributed by atoms with van der Waals surface area (Å²) in [6.07, 6.45) is 3.06. The number of fused-ring (bicyclic) bond motifs is 1. The monoisotopic (exact) mass is 450 g/mol. The Morgan fingerprint density at radius 3 is 2.47 bits per heavy atom. The minimum atomic E-state index is -0.256. The van der Waals surface area contributed by atoms with Gasteiger partial charge >= 0.3 is 0 Å². The molecule has 0 unspecified atom stereocenters. The Labute approximate surface area is 195 Å². The molecule has 0 aliphatic carbocycles. The summed E-state index contributed by atoms with van der Waals surface area (Å²) in [6, 6.07) is 21.2. The SMILES string of the molecule is C=CC(=O)Nc1ccc(-c2ccc3[nH]nc(N)c3c2-c2ccc(Oc3ccn(C)n3)cc2)cc1. The van der Waals surface area contributed by atoms with Gasteiger partial charge in [0.05, 0.1) is 10.9 Å². The summed E-state index contributed by atoms with van der Waals surface area (Å²) in [4.78, 5) is 11.6. The van der Waals surface area contributed by atoms with Crippen molar-refractivity contribution in [2.24, 2.45) is 7.05 Å². The summed E-state index contributed by atoms with van der Waals surface area (Å²) >= 11 is 0. The summed E-state index contributed by atoms with van der Waals surface area (Å²) in [5, 5.41) is 15.1. The number of rotatable bonds is 6. The Bertz CT molecular complexity index is 1500. The number of H-pyrrole nitrogens is 1. The molecule has 0 radical (unpaired) electrons. The van der Waals surface area contributed by atoms with Crippen molar-refractivity contribution in [3.63, 3.8) is 0 Å². The minimum absolute atomic E-state index is 0.256. The number of aromatic amines is 1. The highest BCUT2D eigenvalue weighted by Crippen LogP contribution is 2.40. The molecule has 0 aliphatic rings. The van der Waals surface area contributed by atoms with Crippen molar-refractivity contribution in [3.05, 3.63) is 85.6 Å². The van der Waals surface area contributed by atoms with Crippen LogP contribution in [0.2, 0.25) is 0 Å². The molecule has 168 valence electrons. The molecule has 5 aromatic rings. The lowest BCUT2D eigenvalue weighted by Crippen LogP contribution is -2.06. The van der Waals surface area contributed by atoms with Gasteiger partial charge in [0.2, 0.25) is 11.8 Å². The number of nitrogens with two attached hydrogens (primary N) is 1. The number of hydrogen-bond donors (Lipinski definition) is 3. The zero-order valence-electron chi connectivity index (χ0n) is 18.4. The lowest BCUT2D eigenvalue weighted by atomic mass is 9.91. The van der Waals surface area contributed by atoms with Crippen LogP contribution >= 0.6 is 0 Å². The number of benzene rings is 3. The maximum absolute atomic E-state index is 11.6. The van der Waals surface area contributed by atoms with Crippen LogP contribution in [0.3, 0.4) is 0 Å². The van der Waals surface area contributed by atoms with Crippen molar-refractivity contribution in [2.45, 2.75) is 0 Å². The summed E-state index contributed by atoms with van der Waals surface area (Å²) in [5.41, 5.74) is 11.7. The van der Waals surface area contributed by atoms with E-state index in [4.69, 9.17) is 10.5 Å². The van der Waals surface area contributed by atoms with E-state index in [-0.39, 0.29) is 5.91 Å². The van der Waals surface area contributed by atoms with Gasteiger partial charge in [-0.15, -0.1) is 5.10 Å². The first-order valence-corrected chi connectivity index (χ1v) is 10.6. The van der Waals surface area contributed by atoms with Crippen LogP contribution in [0.25, 0.3) is 33.2 Å². The number of nitrogens with zero attached hydrogens (tertiary/aromatic N) is 3. The molecule has 4 N–H and O–H groups in total. The second kappa shape index (κ2) is 8.59. The largest absolute Gasteiger partial charge is 0.438 e. The quantitative estimate of drug-likeness (QED) is 0.311. The molecular formula is C26H22N6O2. The van der Waals surface area contributed by atoms with E-state index in [1.165, 1.54) is 6.08 Å². The van der Waals surface area contributed by atoms with Gasteiger partial charge in [-0.1, -0.05) is 36.9 Å². The van der Waals surface area contributed by atoms with Crippen LogP contribution < -0.4 is 15.8 Å². The number of nitrogens with one attached hydrogen (secondary N) is 2. The van der Waals surface area contributed by atoms with E-state index >= 15 is 0 Å². The smallest absolute Gasteiger partial charge is 0.247 e. The molecule has 2 aromatic heterocycles. The topological polar surface area (TPSA) is 111 Å². The summed E-state index contributed by atoms with van der Waals surface area (Å²) in [7, 11) is 1.84. The molecule has 0 fully saturated rings. The zero-order valence-corrected chi connectivity index (χ0v) is 18.4. The average molecular weight is 451 g/mol. The van der Waals surface area contributed by atoms with Crippen molar-refractivity contribution in [2.75, 3.05) is 11.1 Å². The standard InChI is InChI=1S/C26H22N6O2/c1-3-22(33)28-18-8-4-16(5-9-18)20-12-13-21-25(26(27)30-29-21)24(20)17-6-10-19(11-7-17)34-23-14-15-32(2)31-23/h3-15H,1H2,2H3,(H,28,33)(H3,27,29,30). The van der Waals surface area contributed by atoms with Gasteiger partial charge in [-0.25, -0.2) is 0 Å². The van der Waals surface area contributed by atoms with Crippen LogP contribution in [0.4, 0.5) is 11.5 Å². The Balaban J connectivity index is 1.56. The molecule has 0 spiro atoms. The number of aromatic nitrogens is 4. The zero-order chi connectivity index (χ0) is 23.7. The van der Waals surface area contributed by atoms with Crippen molar-refractivity contribution >= 4 is 28.3 Å². The molecule has 0 atom stereocenters. The summed E-state index contributed by atoms with van der Waals surface area (Å²) in [5.74, 6) is 1.38. The number of amides is 1. The van der Waals surface area contributed by atoms with Crippen molar-refractivity contribution in [1.29, 1.82) is 0 Å². The van der Waals surface area contributed by atoms with Crippen LogP contribution in [0.5, 0.6) is 11.6 Å². The van der Waals surface area contributed by atoms with Crippen LogP contribution in [-0.2, 0) is 11.8 Å². The first kappa shape index (κ1) is 21.0. The maximum atomic E-state index is 11.6. The van der Waals surface area contributed by atoms with Gasteiger partial charge in [0.1, 0.15) is 5.75 Å². The van der Waals surface area contributed by atoms with E-state index in [2.05, 4.69) is 27.2 Å². The number of ether oxygens (including phenoxy) is 1. The second-order valence-corrected chi connectivity index (χ2v) is 7.74. The van der Waals surface area contributed by atoms with E-state index in [0.29, 0.717) is 23.1 Å². The molecule has 2 heterocycles. The summed E-state index contributed by atoms with van der Waals surface area (Å²) in [6.45, 7) is 3.48. The molecule has 0 saturated heterocycles. The fourth-order valence-corrected chi connectivity index (χ4v) is 3.86. The molecule has 1 amide bonds. The molecule has 5 rings (SSSR count). The van der Waals surface area contributed by atoms with Crippen LogP contribution in [-0.4, -0.2) is 25.9 Å².